The van der Waals surface area contributed by atoms with Gasteiger partial charge in [-0.3, -0.25) is 0 Å². The molecule has 4 rings (SSSR count). The van der Waals surface area contributed by atoms with Gasteiger partial charge in [0.05, 0.1) is 17.0 Å². The van der Waals surface area contributed by atoms with Gasteiger partial charge < -0.3 is 15.0 Å². The smallest absolute Gasteiger partial charge is 0.124 e. The summed E-state index contributed by atoms with van der Waals surface area (Å²) in [5.41, 5.74) is 2.23. The molecule has 148 valence electrons. The van der Waals surface area contributed by atoms with Gasteiger partial charge in [0, 0.05) is 36.7 Å². The molecule has 6 heteroatoms. The van der Waals surface area contributed by atoms with Crippen molar-refractivity contribution in [3.63, 3.8) is 0 Å². The Balaban J connectivity index is 1.23. The van der Waals surface area contributed by atoms with E-state index in [1.807, 2.05) is 37.4 Å². The average molecular weight is 400 g/mol. The highest BCUT2D eigenvalue weighted by Gasteiger charge is 2.24. The van der Waals surface area contributed by atoms with Crippen LogP contribution in [0.4, 0.5) is 10.1 Å². The monoisotopic (exact) mass is 399 g/mol. The van der Waals surface area contributed by atoms with Crippen molar-refractivity contribution in [3.05, 3.63) is 54.0 Å². The molecule has 28 heavy (non-hydrogen) atoms. The molecule has 0 aliphatic carbocycles. The number of ether oxygens (including phenoxy) is 1. The number of rotatable bonds is 7. The third kappa shape index (κ3) is 4.45. The number of halogens is 1. The summed E-state index contributed by atoms with van der Waals surface area (Å²) in [6, 6.07) is 13.1. The third-order valence-corrected chi connectivity index (χ3v) is 6.27. The highest BCUT2D eigenvalue weighted by molar-refractivity contribution is 7.13. The van der Waals surface area contributed by atoms with E-state index in [4.69, 9.17) is 4.74 Å². The molecular weight excluding hydrogens is 373 g/mol. The summed E-state index contributed by atoms with van der Waals surface area (Å²) in [6.45, 7) is 3.96. The number of nitrogens with zero attached hydrogens (tertiary/aromatic N) is 2. The topological polar surface area (TPSA) is 37.4 Å². The van der Waals surface area contributed by atoms with Crippen LogP contribution in [-0.4, -0.2) is 42.6 Å². The Bertz CT molecular complexity index is 921. The van der Waals surface area contributed by atoms with Crippen molar-refractivity contribution in [1.29, 1.82) is 0 Å². The Morgan fingerprint density at radius 1 is 1.21 bits per heavy atom. The molecule has 3 aromatic rings. The predicted molar refractivity (Wildman–Crippen MR) is 114 cm³/mol. The molecule has 2 heterocycles. The van der Waals surface area contributed by atoms with Crippen molar-refractivity contribution >= 4 is 27.3 Å². The first-order chi connectivity index (χ1) is 13.7. The van der Waals surface area contributed by atoms with Gasteiger partial charge >= 0.3 is 0 Å². The molecule has 1 aliphatic heterocycles. The summed E-state index contributed by atoms with van der Waals surface area (Å²) in [5, 5.41) is 4.25. The minimum atomic E-state index is -0.183. The van der Waals surface area contributed by atoms with E-state index < -0.39 is 0 Å². The van der Waals surface area contributed by atoms with E-state index in [1.54, 1.807) is 12.1 Å². The zero-order valence-corrected chi connectivity index (χ0v) is 17.0. The van der Waals surface area contributed by atoms with Gasteiger partial charge in [-0.2, -0.15) is 4.37 Å². The van der Waals surface area contributed by atoms with E-state index in [0.717, 1.165) is 72.7 Å². The van der Waals surface area contributed by atoms with Crippen LogP contribution in [0.2, 0.25) is 0 Å². The van der Waals surface area contributed by atoms with Crippen LogP contribution in [0.1, 0.15) is 30.9 Å². The van der Waals surface area contributed by atoms with Crippen LogP contribution < -0.4 is 10.1 Å². The second kappa shape index (κ2) is 8.88. The number of nitrogens with one attached hydrogen (secondary N) is 1. The number of anilines is 1. The molecule has 0 amide bonds. The van der Waals surface area contributed by atoms with Crippen LogP contribution >= 0.6 is 11.5 Å². The Morgan fingerprint density at radius 2 is 2.07 bits per heavy atom. The maximum Gasteiger partial charge on any atom is 0.124 e. The number of aromatic nitrogens is 1. The molecule has 4 nitrogen and oxygen atoms in total. The van der Waals surface area contributed by atoms with Crippen LogP contribution in [0.25, 0.3) is 10.1 Å². The van der Waals surface area contributed by atoms with E-state index in [9.17, 15) is 4.39 Å². The van der Waals surface area contributed by atoms with Crippen LogP contribution in [0.5, 0.6) is 5.75 Å². The molecular formula is C22H26FN3OS. The predicted octanol–water partition coefficient (Wildman–Crippen LogP) is 5.13. The van der Waals surface area contributed by atoms with Gasteiger partial charge in [0.2, 0.25) is 0 Å². The Morgan fingerprint density at radius 3 is 2.89 bits per heavy atom. The van der Waals surface area contributed by atoms with Crippen molar-refractivity contribution < 1.29 is 9.13 Å². The molecule has 1 N–H and O–H groups in total. The van der Waals surface area contributed by atoms with Gasteiger partial charge in [-0.15, -0.1) is 0 Å². The maximum atomic E-state index is 13.4. The zero-order chi connectivity index (χ0) is 19.3. The first-order valence-corrected chi connectivity index (χ1v) is 10.7. The molecule has 0 atom stereocenters. The standard InChI is InChI=1S/C22H26FN3OS/c1-24-18-4-2-5-19(15-18)27-13-3-10-26-11-8-16(9-12-26)22-20-7-6-17(23)14-21(20)28-25-22/h2,4-7,14-16,24H,3,8-13H2,1H3. The molecule has 1 fully saturated rings. The van der Waals surface area contributed by atoms with Crippen molar-refractivity contribution in [2.45, 2.75) is 25.2 Å². The fourth-order valence-electron chi connectivity index (χ4n) is 3.87. The van der Waals surface area contributed by atoms with Gasteiger partial charge in [0.25, 0.3) is 0 Å². The number of hydrogen-bond acceptors (Lipinski definition) is 5. The van der Waals surface area contributed by atoms with Gasteiger partial charge in [-0.1, -0.05) is 6.07 Å². The second-order valence-corrected chi connectivity index (χ2v) is 8.11. The summed E-state index contributed by atoms with van der Waals surface area (Å²) >= 11 is 1.42. The number of piperidine rings is 1. The highest BCUT2D eigenvalue weighted by Crippen LogP contribution is 2.34. The quantitative estimate of drug-likeness (QED) is 0.559. The summed E-state index contributed by atoms with van der Waals surface area (Å²) in [5.74, 6) is 1.21. The van der Waals surface area contributed by atoms with E-state index in [1.165, 1.54) is 11.5 Å². The fourth-order valence-corrected chi connectivity index (χ4v) is 4.76. The van der Waals surface area contributed by atoms with Crippen molar-refractivity contribution in [1.82, 2.24) is 9.27 Å². The molecule has 0 radical (unpaired) electrons. The Kier molecular flexibility index (Phi) is 6.07. The largest absolute Gasteiger partial charge is 0.493 e. The van der Waals surface area contributed by atoms with E-state index in [0.29, 0.717) is 5.92 Å². The molecule has 1 aromatic heterocycles. The van der Waals surface area contributed by atoms with Crippen LogP contribution in [-0.2, 0) is 0 Å². The lowest BCUT2D eigenvalue weighted by molar-refractivity contribution is 0.192. The summed E-state index contributed by atoms with van der Waals surface area (Å²) in [6.07, 6.45) is 3.25. The van der Waals surface area contributed by atoms with Crippen LogP contribution in [0, 0.1) is 5.82 Å². The summed E-state index contributed by atoms with van der Waals surface area (Å²) < 4.78 is 24.9. The highest BCUT2D eigenvalue weighted by atomic mass is 32.1. The lowest BCUT2D eigenvalue weighted by Gasteiger charge is -2.31. The van der Waals surface area contributed by atoms with E-state index in [-0.39, 0.29) is 5.82 Å². The lowest BCUT2D eigenvalue weighted by Crippen LogP contribution is -2.34. The van der Waals surface area contributed by atoms with Crippen molar-refractivity contribution in [3.8, 4) is 5.75 Å². The van der Waals surface area contributed by atoms with Crippen LogP contribution in [0.3, 0.4) is 0 Å². The number of benzene rings is 2. The number of fused-ring (bicyclic) bond motifs is 1. The zero-order valence-electron chi connectivity index (χ0n) is 16.2. The molecule has 0 saturated carbocycles. The Labute approximate surface area is 169 Å². The van der Waals surface area contributed by atoms with Gasteiger partial charge in [-0.25, -0.2) is 4.39 Å². The normalized spacial score (nSPS) is 15.8. The number of likely N-dealkylation sites (tertiary alicyclic amines) is 1. The Hall–Kier alpha value is -2.18. The number of hydrogen-bond donors (Lipinski definition) is 1. The van der Waals surface area contributed by atoms with Gasteiger partial charge in [0.15, 0.2) is 0 Å². The lowest BCUT2D eigenvalue weighted by atomic mass is 9.91. The van der Waals surface area contributed by atoms with E-state index >= 15 is 0 Å². The van der Waals surface area contributed by atoms with Crippen LogP contribution in [0.15, 0.2) is 42.5 Å². The second-order valence-electron chi connectivity index (χ2n) is 7.30. The molecule has 0 bridgehead atoms. The van der Waals surface area contributed by atoms with Gasteiger partial charge in [0.1, 0.15) is 11.6 Å². The molecule has 0 spiro atoms. The molecule has 1 saturated heterocycles. The summed E-state index contributed by atoms with van der Waals surface area (Å²) in [7, 11) is 1.91. The molecule has 2 aromatic carbocycles. The average Bonchev–Trinajstić information content (AvgIpc) is 3.15. The van der Waals surface area contributed by atoms with Crippen molar-refractivity contribution in [2.24, 2.45) is 0 Å². The van der Waals surface area contributed by atoms with E-state index in [2.05, 4.69) is 14.6 Å². The first kappa shape index (κ1) is 19.2. The fraction of sp³-hybridized carbons (Fsp3) is 0.409. The molecule has 0 unspecified atom stereocenters. The minimum Gasteiger partial charge on any atom is -0.493 e. The minimum absolute atomic E-state index is 0.183. The maximum absolute atomic E-state index is 13.4. The van der Waals surface area contributed by atoms with Crippen molar-refractivity contribution in [2.75, 3.05) is 38.6 Å². The van der Waals surface area contributed by atoms with Gasteiger partial charge in [-0.05, 0) is 74.2 Å². The first-order valence-electron chi connectivity index (χ1n) is 9.91. The SMILES string of the molecule is CNc1cccc(OCCCN2CCC(c3nsc4cc(F)ccc34)CC2)c1. The third-order valence-electron chi connectivity index (χ3n) is 5.45. The molecule has 1 aliphatic rings. The summed E-state index contributed by atoms with van der Waals surface area (Å²) in [4.78, 5) is 2.51.